The summed E-state index contributed by atoms with van der Waals surface area (Å²) in [5.41, 5.74) is 4.32. The average Bonchev–Trinajstić information content (AvgIpc) is 3.33. The largest absolute Gasteiger partial charge is 0.358 e. The monoisotopic (exact) mass is 425 g/mol. The van der Waals surface area contributed by atoms with Crippen LogP contribution >= 0.6 is 11.3 Å². The molecule has 2 heterocycles. The molecule has 3 N–H and O–H groups in total. The summed E-state index contributed by atoms with van der Waals surface area (Å²) >= 11 is 1.13. The van der Waals surface area contributed by atoms with Gasteiger partial charge in [-0.15, -0.1) is 11.3 Å². The van der Waals surface area contributed by atoms with Gasteiger partial charge in [-0.25, -0.2) is 8.42 Å². The molecule has 0 fully saturated rings. The number of rotatable bonds is 5. The molecule has 1 amide bonds. The number of para-hydroxylation sites is 2. The molecule has 0 aliphatic rings. The van der Waals surface area contributed by atoms with E-state index in [9.17, 15) is 13.2 Å². The van der Waals surface area contributed by atoms with Crippen molar-refractivity contribution >= 4 is 49.5 Å². The van der Waals surface area contributed by atoms with E-state index in [2.05, 4.69) is 15.0 Å². The number of aromatic nitrogens is 1. The smallest absolute Gasteiger partial charge is 0.271 e. The summed E-state index contributed by atoms with van der Waals surface area (Å²) in [6.45, 7) is 4.00. The molecule has 0 saturated carbocycles. The van der Waals surface area contributed by atoms with Crippen LogP contribution in [-0.4, -0.2) is 19.3 Å². The molecule has 4 rings (SSSR count). The fourth-order valence-electron chi connectivity index (χ4n) is 3.09. The highest BCUT2D eigenvalue weighted by atomic mass is 32.2. The van der Waals surface area contributed by atoms with Gasteiger partial charge in [0.15, 0.2) is 0 Å². The molecule has 0 unspecified atom stereocenters. The number of anilines is 2. The van der Waals surface area contributed by atoms with Crippen LogP contribution < -0.4 is 10.0 Å². The van der Waals surface area contributed by atoms with Gasteiger partial charge in [0.05, 0.1) is 11.4 Å². The molecule has 0 bridgehead atoms. The lowest BCUT2D eigenvalue weighted by molar-refractivity contribution is 0.102. The predicted octanol–water partition coefficient (Wildman–Crippen LogP) is 4.90. The standard InChI is InChI=1S/C21H19N3O3S2/c1-13-14(2)22-17-10-9-15(12-16(13)17)21(25)23-18-6-3-4-7-19(18)24-29(26,27)20-8-5-11-28-20/h3-12,22,24H,1-2H3,(H,23,25). The van der Waals surface area contributed by atoms with Crippen LogP contribution in [0.1, 0.15) is 21.6 Å². The first kappa shape index (κ1) is 19.2. The molecular weight excluding hydrogens is 406 g/mol. The lowest BCUT2D eigenvalue weighted by Crippen LogP contribution is -2.16. The molecule has 4 aromatic rings. The number of thiophene rings is 1. The number of amides is 1. The third-order valence-corrected chi connectivity index (χ3v) is 7.51. The Labute approximate surface area is 172 Å². The molecule has 2 aromatic carbocycles. The van der Waals surface area contributed by atoms with E-state index >= 15 is 0 Å². The van der Waals surface area contributed by atoms with Gasteiger partial charge < -0.3 is 10.3 Å². The first-order valence-electron chi connectivity index (χ1n) is 8.91. The Balaban J connectivity index is 1.62. The molecule has 0 atom stereocenters. The third kappa shape index (κ3) is 3.76. The number of benzene rings is 2. The summed E-state index contributed by atoms with van der Waals surface area (Å²) in [5.74, 6) is -0.312. The van der Waals surface area contributed by atoms with E-state index in [0.717, 1.165) is 33.5 Å². The van der Waals surface area contributed by atoms with Crippen molar-refractivity contribution in [3.63, 3.8) is 0 Å². The molecule has 2 aromatic heterocycles. The van der Waals surface area contributed by atoms with Crippen molar-refractivity contribution in [1.29, 1.82) is 0 Å². The normalized spacial score (nSPS) is 11.5. The van der Waals surface area contributed by atoms with Crippen LogP contribution in [0.3, 0.4) is 0 Å². The van der Waals surface area contributed by atoms with Crippen LogP contribution in [0, 0.1) is 13.8 Å². The zero-order chi connectivity index (χ0) is 20.6. The number of sulfonamides is 1. The highest BCUT2D eigenvalue weighted by Crippen LogP contribution is 2.27. The van der Waals surface area contributed by atoms with Crippen LogP contribution in [0.5, 0.6) is 0 Å². The first-order chi connectivity index (χ1) is 13.8. The quantitative estimate of drug-likeness (QED) is 0.425. The predicted molar refractivity (Wildman–Crippen MR) is 117 cm³/mol. The van der Waals surface area contributed by atoms with Gasteiger partial charge in [0.25, 0.3) is 15.9 Å². The minimum absolute atomic E-state index is 0.211. The number of H-pyrrole nitrogens is 1. The summed E-state index contributed by atoms with van der Waals surface area (Å²) < 4.78 is 27.8. The van der Waals surface area contributed by atoms with E-state index in [4.69, 9.17) is 0 Å². The molecule has 6 nitrogen and oxygen atoms in total. The number of aryl methyl sites for hydroxylation is 2. The van der Waals surface area contributed by atoms with Gasteiger partial charge in [-0.1, -0.05) is 18.2 Å². The summed E-state index contributed by atoms with van der Waals surface area (Å²) in [5, 5.41) is 5.50. The Hall–Kier alpha value is -3.10. The molecule has 8 heteroatoms. The van der Waals surface area contributed by atoms with Crippen molar-refractivity contribution in [2.45, 2.75) is 18.1 Å². The fourth-order valence-corrected chi connectivity index (χ4v) is 5.16. The number of carbonyl (C=O) groups excluding carboxylic acids is 1. The fraction of sp³-hybridized carbons (Fsp3) is 0.0952. The Kier molecular flexibility index (Phi) is 4.89. The second kappa shape index (κ2) is 7.38. The van der Waals surface area contributed by atoms with Crippen LogP contribution in [0.15, 0.2) is 64.2 Å². The SMILES string of the molecule is Cc1[nH]c2ccc(C(=O)Nc3ccccc3NS(=O)(=O)c3cccs3)cc2c1C. The number of nitrogens with one attached hydrogen (secondary N) is 3. The van der Waals surface area contributed by atoms with Gasteiger partial charge >= 0.3 is 0 Å². The summed E-state index contributed by atoms with van der Waals surface area (Å²) in [7, 11) is -3.71. The molecule has 0 saturated heterocycles. The zero-order valence-electron chi connectivity index (χ0n) is 15.8. The molecular formula is C21H19N3O3S2. The molecule has 29 heavy (non-hydrogen) atoms. The minimum atomic E-state index is -3.71. The molecule has 0 spiro atoms. The van der Waals surface area contributed by atoms with Crippen LogP contribution in [-0.2, 0) is 10.0 Å². The summed E-state index contributed by atoms with van der Waals surface area (Å²) in [4.78, 5) is 16.1. The number of fused-ring (bicyclic) bond motifs is 1. The van der Waals surface area contributed by atoms with E-state index in [1.54, 1.807) is 41.8 Å². The van der Waals surface area contributed by atoms with Crippen molar-refractivity contribution < 1.29 is 13.2 Å². The summed E-state index contributed by atoms with van der Waals surface area (Å²) in [6, 6.07) is 15.4. The van der Waals surface area contributed by atoms with Crippen molar-refractivity contribution in [3.05, 3.63) is 76.8 Å². The van der Waals surface area contributed by atoms with Gasteiger partial charge in [-0.2, -0.15) is 0 Å². The van der Waals surface area contributed by atoms with E-state index in [0.29, 0.717) is 16.9 Å². The van der Waals surface area contributed by atoms with E-state index in [1.807, 2.05) is 26.0 Å². The Morgan fingerprint density at radius 1 is 1.00 bits per heavy atom. The maximum atomic E-state index is 12.8. The molecule has 0 aliphatic heterocycles. The molecule has 0 aliphatic carbocycles. The van der Waals surface area contributed by atoms with Crippen molar-refractivity contribution in [1.82, 2.24) is 4.98 Å². The maximum absolute atomic E-state index is 12.8. The van der Waals surface area contributed by atoms with Gasteiger partial charge in [-0.05, 0) is 61.2 Å². The van der Waals surface area contributed by atoms with Gasteiger partial charge in [0.2, 0.25) is 0 Å². The van der Waals surface area contributed by atoms with E-state index < -0.39 is 10.0 Å². The lowest BCUT2D eigenvalue weighted by Gasteiger charge is -2.13. The molecule has 148 valence electrons. The van der Waals surface area contributed by atoms with Crippen molar-refractivity contribution in [2.75, 3.05) is 10.0 Å². The third-order valence-electron chi connectivity index (χ3n) is 4.75. The number of hydrogen-bond donors (Lipinski definition) is 3. The molecule has 0 radical (unpaired) electrons. The Morgan fingerprint density at radius 2 is 1.76 bits per heavy atom. The number of carbonyl (C=O) groups is 1. The first-order valence-corrected chi connectivity index (χ1v) is 11.3. The Morgan fingerprint density at radius 3 is 2.48 bits per heavy atom. The maximum Gasteiger partial charge on any atom is 0.271 e. The van der Waals surface area contributed by atoms with Crippen LogP contribution in [0.2, 0.25) is 0 Å². The van der Waals surface area contributed by atoms with E-state index in [1.165, 1.54) is 6.07 Å². The van der Waals surface area contributed by atoms with Crippen molar-refractivity contribution in [2.24, 2.45) is 0 Å². The van der Waals surface area contributed by atoms with Crippen LogP contribution in [0.25, 0.3) is 10.9 Å². The highest BCUT2D eigenvalue weighted by Gasteiger charge is 2.18. The zero-order valence-corrected chi connectivity index (χ0v) is 17.4. The highest BCUT2D eigenvalue weighted by molar-refractivity contribution is 7.94. The summed E-state index contributed by atoms with van der Waals surface area (Å²) in [6.07, 6.45) is 0. The van der Waals surface area contributed by atoms with Gasteiger partial charge in [0, 0.05) is 22.2 Å². The topological polar surface area (TPSA) is 91.1 Å². The average molecular weight is 426 g/mol. The Bertz CT molecular complexity index is 1310. The number of aromatic amines is 1. The van der Waals surface area contributed by atoms with E-state index in [-0.39, 0.29) is 10.1 Å². The van der Waals surface area contributed by atoms with Crippen LogP contribution in [0.4, 0.5) is 11.4 Å². The lowest BCUT2D eigenvalue weighted by atomic mass is 10.1. The van der Waals surface area contributed by atoms with Gasteiger partial charge in [0.1, 0.15) is 4.21 Å². The second-order valence-corrected chi connectivity index (χ2v) is 9.53. The van der Waals surface area contributed by atoms with Gasteiger partial charge in [-0.3, -0.25) is 9.52 Å². The van der Waals surface area contributed by atoms with Crippen molar-refractivity contribution in [3.8, 4) is 0 Å². The minimum Gasteiger partial charge on any atom is -0.358 e. The number of hydrogen-bond acceptors (Lipinski definition) is 4. The second-order valence-electron chi connectivity index (χ2n) is 6.67.